The number of unbranched alkanes of at least 4 members (excludes halogenated alkanes) is 52. The lowest BCUT2D eigenvalue weighted by atomic mass is 10.0. The molecule has 0 fully saturated rings. The molecule has 446 valence electrons. The van der Waals surface area contributed by atoms with Crippen molar-refractivity contribution < 1.29 is 24.5 Å². The highest BCUT2D eigenvalue weighted by Crippen LogP contribution is 2.19. The number of aliphatic hydroxyl groups excluding tert-OH is 2. The van der Waals surface area contributed by atoms with Gasteiger partial charge >= 0.3 is 5.97 Å². The van der Waals surface area contributed by atoms with Crippen LogP contribution in [0, 0.1) is 0 Å². The molecule has 3 N–H and O–H groups in total. The molecular formula is C69H135NO5. The zero-order valence-corrected chi connectivity index (χ0v) is 51.1. The molecule has 75 heavy (non-hydrogen) atoms. The van der Waals surface area contributed by atoms with Crippen molar-refractivity contribution in [1.29, 1.82) is 0 Å². The molecule has 0 rings (SSSR count). The molecule has 0 aliphatic heterocycles. The van der Waals surface area contributed by atoms with Gasteiger partial charge in [0.05, 0.1) is 25.4 Å². The Hall–Kier alpha value is -1.40. The van der Waals surface area contributed by atoms with E-state index in [0.29, 0.717) is 25.9 Å². The van der Waals surface area contributed by atoms with Gasteiger partial charge in [0, 0.05) is 12.8 Å². The second-order valence-electron chi connectivity index (χ2n) is 23.9. The Balaban J connectivity index is 3.35. The van der Waals surface area contributed by atoms with Crippen molar-refractivity contribution in [3.05, 3.63) is 12.2 Å². The number of allylic oxidation sites excluding steroid dienone is 2. The summed E-state index contributed by atoms with van der Waals surface area (Å²) in [6.45, 7) is 4.99. The average Bonchev–Trinajstić information content (AvgIpc) is 3.41. The maximum absolute atomic E-state index is 12.5. The zero-order valence-electron chi connectivity index (χ0n) is 51.1. The van der Waals surface area contributed by atoms with E-state index in [1.165, 1.54) is 321 Å². The van der Waals surface area contributed by atoms with E-state index in [1.54, 1.807) is 0 Å². The molecular weight excluding hydrogens is 923 g/mol. The highest BCUT2D eigenvalue weighted by atomic mass is 16.5. The van der Waals surface area contributed by atoms with Crippen LogP contribution in [0.4, 0.5) is 0 Å². The van der Waals surface area contributed by atoms with E-state index in [0.717, 1.165) is 38.5 Å². The lowest BCUT2D eigenvalue weighted by molar-refractivity contribution is -0.143. The number of rotatable bonds is 65. The molecule has 0 aliphatic rings. The molecule has 0 spiro atoms. The minimum Gasteiger partial charge on any atom is -0.466 e. The van der Waals surface area contributed by atoms with Crippen LogP contribution < -0.4 is 5.32 Å². The summed E-state index contributed by atoms with van der Waals surface area (Å²) in [5, 5.41) is 23.3. The summed E-state index contributed by atoms with van der Waals surface area (Å²) in [6, 6.07) is -0.540. The van der Waals surface area contributed by atoms with Gasteiger partial charge in [0.15, 0.2) is 0 Å². The summed E-state index contributed by atoms with van der Waals surface area (Å²) in [5.41, 5.74) is 0. The highest BCUT2D eigenvalue weighted by Gasteiger charge is 2.20. The summed E-state index contributed by atoms with van der Waals surface area (Å²) < 4.78 is 5.49. The van der Waals surface area contributed by atoms with Crippen LogP contribution in [0.15, 0.2) is 12.2 Å². The van der Waals surface area contributed by atoms with Crippen molar-refractivity contribution in [2.75, 3.05) is 13.2 Å². The van der Waals surface area contributed by atoms with Crippen LogP contribution in [0.2, 0.25) is 0 Å². The van der Waals surface area contributed by atoms with Gasteiger partial charge in [0.2, 0.25) is 5.91 Å². The van der Waals surface area contributed by atoms with Crippen LogP contribution in [0.25, 0.3) is 0 Å². The van der Waals surface area contributed by atoms with Crippen molar-refractivity contribution in [2.45, 2.75) is 405 Å². The van der Waals surface area contributed by atoms with E-state index >= 15 is 0 Å². The van der Waals surface area contributed by atoms with Crippen LogP contribution in [0.1, 0.15) is 393 Å². The predicted octanol–water partition coefficient (Wildman–Crippen LogP) is 22.0. The molecule has 0 heterocycles. The molecule has 6 nitrogen and oxygen atoms in total. The zero-order chi connectivity index (χ0) is 54.3. The number of esters is 1. The summed E-state index contributed by atoms with van der Waals surface area (Å²) in [6.07, 6.45) is 79.7. The van der Waals surface area contributed by atoms with E-state index in [4.69, 9.17) is 4.74 Å². The fourth-order valence-electron chi connectivity index (χ4n) is 11.1. The second kappa shape index (κ2) is 65.1. The summed E-state index contributed by atoms with van der Waals surface area (Å²) in [5.74, 6) is -0.0114. The van der Waals surface area contributed by atoms with Gasteiger partial charge in [-0.3, -0.25) is 9.59 Å². The largest absolute Gasteiger partial charge is 0.466 e. The van der Waals surface area contributed by atoms with Gasteiger partial charge in [-0.05, 0) is 51.4 Å². The first kappa shape index (κ1) is 73.6. The molecule has 2 unspecified atom stereocenters. The fraction of sp³-hybridized carbons (Fsp3) is 0.942. The molecule has 0 radical (unpaired) electrons. The Bertz CT molecular complexity index is 1130. The SMILES string of the molecule is CCCCCCCCCCCCCCCCCC(O)C(CO)NC(=O)CCCCCCCCCCCCCCC/C=C\CCCCCCCCCCCCCCOC(=O)CCCCCCCCCCCCCCCC. The van der Waals surface area contributed by atoms with Crippen LogP contribution in [-0.4, -0.2) is 47.4 Å². The third kappa shape index (κ3) is 61.7. The molecule has 2 atom stereocenters. The third-order valence-electron chi connectivity index (χ3n) is 16.3. The van der Waals surface area contributed by atoms with Crippen LogP contribution in [-0.2, 0) is 14.3 Å². The van der Waals surface area contributed by atoms with Crippen molar-refractivity contribution in [3.8, 4) is 0 Å². The topological polar surface area (TPSA) is 95.9 Å². The van der Waals surface area contributed by atoms with Gasteiger partial charge in [0.1, 0.15) is 0 Å². The quantitative estimate of drug-likeness (QED) is 0.0320. The molecule has 0 aromatic heterocycles. The number of aliphatic hydroxyl groups is 2. The Kier molecular flexibility index (Phi) is 63.9. The normalized spacial score (nSPS) is 12.5. The highest BCUT2D eigenvalue weighted by molar-refractivity contribution is 5.76. The van der Waals surface area contributed by atoms with Crippen molar-refractivity contribution in [1.82, 2.24) is 5.32 Å². The van der Waals surface area contributed by atoms with E-state index in [9.17, 15) is 19.8 Å². The molecule has 0 saturated heterocycles. The van der Waals surface area contributed by atoms with E-state index in [1.807, 2.05) is 0 Å². The number of carbonyl (C=O) groups is 2. The molecule has 6 heteroatoms. The second-order valence-corrected chi connectivity index (χ2v) is 23.9. The molecule has 1 amide bonds. The summed E-state index contributed by atoms with van der Waals surface area (Å²) >= 11 is 0. The van der Waals surface area contributed by atoms with Crippen LogP contribution in [0.3, 0.4) is 0 Å². The first-order valence-electron chi connectivity index (χ1n) is 34.4. The predicted molar refractivity (Wildman–Crippen MR) is 329 cm³/mol. The summed E-state index contributed by atoms with van der Waals surface area (Å²) in [7, 11) is 0. The minimum absolute atomic E-state index is 0.0196. The number of hydrogen-bond acceptors (Lipinski definition) is 5. The molecule has 0 saturated carbocycles. The standard InChI is InChI=1S/C69H135NO5/c1-3-5-7-9-11-13-15-17-34-37-41-45-49-53-57-61-67(72)66(65-71)70-68(73)62-58-54-50-46-42-38-35-32-30-28-26-24-22-20-19-21-23-25-27-29-31-33-36-40-44-48-52-56-60-64-75-69(74)63-59-55-51-47-43-39-18-16-14-12-10-8-6-4-2/h19,21,66-67,71-72H,3-18,20,22-65H2,1-2H3,(H,70,73)/b21-19-. The molecule has 0 aliphatic carbocycles. The molecule has 0 bridgehead atoms. The van der Waals surface area contributed by atoms with E-state index in [2.05, 4.69) is 31.3 Å². The van der Waals surface area contributed by atoms with Crippen LogP contribution in [0.5, 0.6) is 0 Å². The number of ether oxygens (including phenoxy) is 1. The lowest BCUT2D eigenvalue weighted by Crippen LogP contribution is -2.45. The van der Waals surface area contributed by atoms with Gasteiger partial charge in [-0.1, -0.05) is 341 Å². The van der Waals surface area contributed by atoms with Gasteiger partial charge < -0.3 is 20.3 Å². The van der Waals surface area contributed by atoms with Crippen molar-refractivity contribution in [2.24, 2.45) is 0 Å². The maximum Gasteiger partial charge on any atom is 0.305 e. The number of hydrogen-bond donors (Lipinski definition) is 3. The molecule has 0 aromatic carbocycles. The van der Waals surface area contributed by atoms with Gasteiger partial charge in [-0.25, -0.2) is 0 Å². The van der Waals surface area contributed by atoms with Gasteiger partial charge in [0.25, 0.3) is 0 Å². The monoisotopic (exact) mass is 1060 g/mol. The molecule has 0 aromatic rings. The first-order chi connectivity index (χ1) is 37.0. The third-order valence-corrected chi connectivity index (χ3v) is 16.3. The van der Waals surface area contributed by atoms with E-state index in [-0.39, 0.29) is 18.5 Å². The summed E-state index contributed by atoms with van der Waals surface area (Å²) in [4.78, 5) is 24.6. The number of carbonyl (C=O) groups excluding carboxylic acids is 2. The first-order valence-corrected chi connectivity index (χ1v) is 34.4. The lowest BCUT2D eigenvalue weighted by Gasteiger charge is -2.22. The maximum atomic E-state index is 12.5. The van der Waals surface area contributed by atoms with Crippen LogP contribution >= 0.6 is 0 Å². The minimum atomic E-state index is -0.663. The Labute approximate surface area is 469 Å². The number of amides is 1. The van der Waals surface area contributed by atoms with Crippen molar-refractivity contribution >= 4 is 11.9 Å². The van der Waals surface area contributed by atoms with Crippen molar-refractivity contribution in [3.63, 3.8) is 0 Å². The Morgan fingerprint density at radius 1 is 0.360 bits per heavy atom. The number of nitrogens with one attached hydrogen (secondary N) is 1. The Morgan fingerprint density at radius 3 is 0.947 bits per heavy atom. The van der Waals surface area contributed by atoms with Gasteiger partial charge in [-0.2, -0.15) is 0 Å². The average molecular weight is 1060 g/mol. The van der Waals surface area contributed by atoms with Gasteiger partial charge in [-0.15, -0.1) is 0 Å². The Morgan fingerprint density at radius 2 is 0.627 bits per heavy atom. The fourth-order valence-corrected chi connectivity index (χ4v) is 11.1. The smallest absolute Gasteiger partial charge is 0.305 e. The van der Waals surface area contributed by atoms with E-state index < -0.39 is 12.1 Å².